The molecule has 136 valence electrons. The standard InChI is InChI=1S/C19H24N6O/c1-4-16-17-6-5-9-23(17)10-11-24(16)18(26)8-7-15-13(2)22-19-20-12-21-25(19)14(15)3/h5-6,9,12,16H,4,7-8,10-11H2,1-3H3/t16-/m1/s1. The SMILES string of the molecule is CC[C@@H]1c2cccn2CCN1C(=O)CCc1c(C)nc2ncnn2c1C. The van der Waals surface area contributed by atoms with Crippen molar-refractivity contribution in [3.8, 4) is 0 Å². The van der Waals surface area contributed by atoms with Gasteiger partial charge in [-0.1, -0.05) is 6.92 Å². The van der Waals surface area contributed by atoms with Crippen LogP contribution in [0.4, 0.5) is 0 Å². The van der Waals surface area contributed by atoms with Crippen molar-refractivity contribution in [2.75, 3.05) is 6.54 Å². The van der Waals surface area contributed by atoms with Crippen LogP contribution in [0.25, 0.3) is 5.78 Å². The molecule has 0 radical (unpaired) electrons. The molecule has 0 bridgehead atoms. The van der Waals surface area contributed by atoms with Crippen LogP contribution < -0.4 is 0 Å². The average Bonchev–Trinajstić information content (AvgIpc) is 3.29. The van der Waals surface area contributed by atoms with Crippen molar-refractivity contribution >= 4 is 11.7 Å². The van der Waals surface area contributed by atoms with Crippen LogP contribution in [0.5, 0.6) is 0 Å². The van der Waals surface area contributed by atoms with Crippen molar-refractivity contribution in [3.05, 3.63) is 47.3 Å². The number of fused-ring (bicyclic) bond motifs is 2. The van der Waals surface area contributed by atoms with Gasteiger partial charge in [-0.05, 0) is 44.4 Å². The quantitative estimate of drug-likeness (QED) is 0.723. The summed E-state index contributed by atoms with van der Waals surface area (Å²) >= 11 is 0. The summed E-state index contributed by atoms with van der Waals surface area (Å²) in [5.74, 6) is 0.819. The maximum Gasteiger partial charge on any atom is 0.252 e. The Morgan fingerprint density at radius 1 is 1.31 bits per heavy atom. The van der Waals surface area contributed by atoms with Crippen molar-refractivity contribution in [2.24, 2.45) is 0 Å². The first-order valence-corrected chi connectivity index (χ1v) is 9.20. The van der Waals surface area contributed by atoms with Crippen molar-refractivity contribution in [1.82, 2.24) is 29.0 Å². The predicted molar refractivity (Wildman–Crippen MR) is 97.8 cm³/mol. The van der Waals surface area contributed by atoms with Crippen molar-refractivity contribution in [3.63, 3.8) is 0 Å². The zero-order valence-corrected chi connectivity index (χ0v) is 15.5. The second kappa shape index (κ2) is 6.55. The average molecular weight is 352 g/mol. The minimum absolute atomic E-state index is 0.171. The van der Waals surface area contributed by atoms with Gasteiger partial charge in [0, 0.05) is 42.8 Å². The maximum absolute atomic E-state index is 13.0. The summed E-state index contributed by atoms with van der Waals surface area (Å²) < 4.78 is 4.00. The van der Waals surface area contributed by atoms with Gasteiger partial charge >= 0.3 is 0 Å². The van der Waals surface area contributed by atoms with Gasteiger partial charge in [-0.3, -0.25) is 4.79 Å². The smallest absolute Gasteiger partial charge is 0.252 e. The first-order valence-electron chi connectivity index (χ1n) is 9.20. The van der Waals surface area contributed by atoms with Gasteiger partial charge in [0.15, 0.2) is 0 Å². The fourth-order valence-corrected chi connectivity index (χ4v) is 4.09. The van der Waals surface area contributed by atoms with Gasteiger partial charge in [0.1, 0.15) is 6.33 Å². The molecule has 0 spiro atoms. The molecule has 4 heterocycles. The fraction of sp³-hybridized carbons (Fsp3) is 0.474. The largest absolute Gasteiger partial charge is 0.348 e. The van der Waals surface area contributed by atoms with E-state index in [1.165, 1.54) is 12.0 Å². The van der Waals surface area contributed by atoms with Crippen molar-refractivity contribution < 1.29 is 4.79 Å². The highest BCUT2D eigenvalue weighted by atomic mass is 16.2. The maximum atomic E-state index is 13.0. The molecule has 1 aliphatic rings. The van der Waals surface area contributed by atoms with Gasteiger partial charge in [-0.15, -0.1) is 0 Å². The van der Waals surface area contributed by atoms with Crippen LogP contribution in [-0.4, -0.2) is 41.5 Å². The van der Waals surface area contributed by atoms with E-state index in [0.717, 1.165) is 36.5 Å². The van der Waals surface area contributed by atoms with Crippen LogP contribution in [0.2, 0.25) is 0 Å². The molecule has 0 saturated carbocycles. The Bertz CT molecular complexity index is 956. The van der Waals surface area contributed by atoms with E-state index in [4.69, 9.17) is 0 Å². The predicted octanol–water partition coefficient (Wildman–Crippen LogP) is 2.47. The monoisotopic (exact) mass is 352 g/mol. The molecule has 0 aromatic carbocycles. The highest BCUT2D eigenvalue weighted by Crippen LogP contribution is 2.29. The number of hydrogen-bond acceptors (Lipinski definition) is 4. The van der Waals surface area contributed by atoms with E-state index >= 15 is 0 Å². The number of aromatic nitrogens is 5. The Balaban J connectivity index is 1.53. The summed E-state index contributed by atoms with van der Waals surface area (Å²) in [5, 5.41) is 4.23. The van der Waals surface area contributed by atoms with Crippen LogP contribution >= 0.6 is 0 Å². The van der Waals surface area contributed by atoms with E-state index in [-0.39, 0.29) is 11.9 Å². The van der Waals surface area contributed by atoms with Gasteiger partial charge < -0.3 is 9.47 Å². The minimum atomic E-state index is 0.171. The zero-order valence-electron chi connectivity index (χ0n) is 15.5. The van der Waals surface area contributed by atoms with Crippen molar-refractivity contribution in [1.29, 1.82) is 0 Å². The van der Waals surface area contributed by atoms with E-state index in [9.17, 15) is 4.79 Å². The number of hydrogen-bond donors (Lipinski definition) is 0. The summed E-state index contributed by atoms with van der Waals surface area (Å²) in [4.78, 5) is 23.7. The summed E-state index contributed by atoms with van der Waals surface area (Å²) in [6.45, 7) is 7.78. The molecule has 3 aromatic rings. The molecule has 0 saturated heterocycles. The first kappa shape index (κ1) is 16.8. The van der Waals surface area contributed by atoms with Gasteiger partial charge in [-0.2, -0.15) is 10.1 Å². The molecule has 0 N–H and O–H groups in total. The molecule has 3 aromatic heterocycles. The van der Waals surface area contributed by atoms with Crippen LogP contribution in [0, 0.1) is 13.8 Å². The molecule has 7 nitrogen and oxygen atoms in total. The molecule has 0 aliphatic carbocycles. The molecular weight excluding hydrogens is 328 g/mol. The van der Waals surface area contributed by atoms with Gasteiger partial charge in [0.05, 0.1) is 6.04 Å². The molecule has 1 aliphatic heterocycles. The molecule has 4 rings (SSSR count). The van der Waals surface area contributed by atoms with Crippen LogP contribution in [-0.2, 0) is 17.8 Å². The third-order valence-electron chi connectivity index (χ3n) is 5.45. The summed E-state index contributed by atoms with van der Waals surface area (Å²) in [5.41, 5.74) is 4.27. The Hall–Kier alpha value is -2.70. The second-order valence-electron chi connectivity index (χ2n) is 6.87. The molecule has 0 unspecified atom stereocenters. The van der Waals surface area contributed by atoms with Gasteiger partial charge in [0.25, 0.3) is 5.78 Å². The molecule has 0 fully saturated rings. The van der Waals surface area contributed by atoms with E-state index in [1.807, 2.05) is 18.7 Å². The first-order chi connectivity index (χ1) is 12.6. The highest BCUT2D eigenvalue weighted by molar-refractivity contribution is 5.77. The molecule has 1 amide bonds. The number of carbonyl (C=O) groups excluding carboxylic acids is 1. The summed E-state index contributed by atoms with van der Waals surface area (Å²) in [6, 6.07) is 4.37. The normalized spacial score (nSPS) is 16.9. The third-order valence-corrected chi connectivity index (χ3v) is 5.45. The van der Waals surface area contributed by atoms with Gasteiger partial charge in [-0.25, -0.2) is 9.50 Å². The van der Waals surface area contributed by atoms with E-state index in [1.54, 1.807) is 4.52 Å². The second-order valence-corrected chi connectivity index (χ2v) is 6.87. The molecule has 26 heavy (non-hydrogen) atoms. The number of rotatable bonds is 4. The van der Waals surface area contributed by atoms with Gasteiger partial charge in [0.2, 0.25) is 5.91 Å². The van der Waals surface area contributed by atoms with Crippen molar-refractivity contribution in [2.45, 2.75) is 52.6 Å². The highest BCUT2D eigenvalue weighted by Gasteiger charge is 2.29. The third kappa shape index (κ3) is 2.67. The van der Waals surface area contributed by atoms with Crippen LogP contribution in [0.1, 0.15) is 48.5 Å². The summed E-state index contributed by atoms with van der Waals surface area (Å²) in [7, 11) is 0. The lowest BCUT2D eigenvalue weighted by Crippen LogP contribution is -2.41. The Labute approximate surface area is 152 Å². The molecule has 1 atom stereocenters. The zero-order chi connectivity index (χ0) is 18.3. The van der Waals surface area contributed by atoms with E-state index in [2.05, 4.69) is 44.9 Å². The Morgan fingerprint density at radius 3 is 2.96 bits per heavy atom. The number of nitrogens with zero attached hydrogens (tertiary/aromatic N) is 6. The van der Waals surface area contributed by atoms with E-state index < -0.39 is 0 Å². The topological polar surface area (TPSA) is 68.3 Å². The lowest BCUT2D eigenvalue weighted by Gasteiger charge is -2.36. The minimum Gasteiger partial charge on any atom is -0.348 e. The lowest BCUT2D eigenvalue weighted by molar-refractivity contribution is -0.134. The number of amides is 1. The fourth-order valence-electron chi connectivity index (χ4n) is 4.09. The Morgan fingerprint density at radius 2 is 2.15 bits per heavy atom. The number of carbonyl (C=O) groups is 1. The van der Waals surface area contributed by atoms with Crippen LogP contribution in [0.15, 0.2) is 24.7 Å². The van der Waals surface area contributed by atoms with E-state index in [0.29, 0.717) is 18.6 Å². The number of aryl methyl sites for hydroxylation is 2. The summed E-state index contributed by atoms with van der Waals surface area (Å²) in [6.07, 6.45) is 5.71. The lowest BCUT2D eigenvalue weighted by atomic mass is 10.0. The van der Waals surface area contributed by atoms with Crippen LogP contribution in [0.3, 0.4) is 0 Å². The molecular formula is C19H24N6O. The molecule has 7 heteroatoms. The Kier molecular flexibility index (Phi) is 4.22.